The number of carboxylic acid groups (broad SMARTS) is 1. The molecule has 0 aromatic carbocycles. The fourth-order valence-electron chi connectivity index (χ4n) is 1.97. The van der Waals surface area contributed by atoms with E-state index in [1.807, 2.05) is 0 Å². The van der Waals surface area contributed by atoms with Crippen LogP contribution >= 0.6 is 7.82 Å². The molecule has 0 aromatic heterocycles. The number of carboxylic acids is 1. The maximum absolute atomic E-state index is 10.2. The van der Waals surface area contributed by atoms with E-state index in [-0.39, 0.29) is 0 Å². The van der Waals surface area contributed by atoms with Gasteiger partial charge in [0.25, 0.3) is 0 Å². The number of hydrogen-bond acceptors (Lipinski definition) is 8. The molecule has 1 aliphatic carbocycles. The molecule has 144 valence electrons. The van der Waals surface area contributed by atoms with Gasteiger partial charge in [-0.05, 0) is 12.8 Å². The van der Waals surface area contributed by atoms with Crippen LogP contribution in [0, 0.1) is 0 Å². The SMILES string of the molecule is NC1CCCCC1.O=C(O)[C@H](O)[C@@H](O)[C@H](O)[C@H](O)COP(=O)(O)O. The molecule has 11 nitrogen and oxygen atoms in total. The molecule has 1 fully saturated rings. The molecule has 0 amide bonds. The van der Waals surface area contributed by atoms with Crippen molar-refractivity contribution in [2.75, 3.05) is 6.61 Å². The van der Waals surface area contributed by atoms with Crippen LogP contribution in [0.4, 0.5) is 0 Å². The fourth-order valence-corrected chi connectivity index (χ4v) is 2.31. The highest BCUT2D eigenvalue weighted by molar-refractivity contribution is 7.46. The van der Waals surface area contributed by atoms with Gasteiger partial charge in [0.2, 0.25) is 0 Å². The molecule has 0 aromatic rings. The lowest BCUT2D eigenvalue weighted by Crippen LogP contribution is -2.48. The Morgan fingerprint density at radius 3 is 1.92 bits per heavy atom. The van der Waals surface area contributed by atoms with Crippen molar-refractivity contribution >= 4 is 13.8 Å². The summed E-state index contributed by atoms with van der Waals surface area (Å²) in [5.41, 5.74) is 5.63. The second-order valence-electron chi connectivity index (χ2n) is 5.52. The van der Waals surface area contributed by atoms with Gasteiger partial charge in [0.05, 0.1) is 6.61 Å². The van der Waals surface area contributed by atoms with E-state index in [2.05, 4.69) is 4.52 Å². The number of nitrogens with two attached hydrogens (primary N) is 1. The van der Waals surface area contributed by atoms with E-state index in [0.717, 1.165) is 0 Å². The lowest BCUT2D eigenvalue weighted by molar-refractivity contribution is -0.164. The summed E-state index contributed by atoms with van der Waals surface area (Å²) in [6.45, 7) is -1.05. The first kappa shape index (κ1) is 23.4. The van der Waals surface area contributed by atoms with Crippen LogP contribution < -0.4 is 5.73 Å². The smallest absolute Gasteiger partial charge is 0.469 e. The third-order valence-electron chi connectivity index (χ3n) is 3.38. The van der Waals surface area contributed by atoms with E-state index >= 15 is 0 Å². The standard InChI is InChI=1S/C6H13N.C6H13O10P/c7-6-4-2-1-3-5-6;7-2(1-16-17(13,14)15)3(8)4(9)5(10)6(11)12/h6H,1-5,7H2;2-5,7-10H,1H2,(H,11,12)(H2,13,14,15)/t;2-,3-,4+,5-/m.1/s1. The molecule has 1 saturated carbocycles. The highest BCUT2D eigenvalue weighted by Gasteiger charge is 2.35. The van der Waals surface area contributed by atoms with Crippen LogP contribution in [0.15, 0.2) is 0 Å². The Morgan fingerprint density at radius 2 is 1.58 bits per heavy atom. The second-order valence-corrected chi connectivity index (χ2v) is 6.76. The molecule has 24 heavy (non-hydrogen) atoms. The van der Waals surface area contributed by atoms with Gasteiger partial charge >= 0.3 is 13.8 Å². The maximum atomic E-state index is 10.2. The molecule has 0 heterocycles. The molecule has 9 N–H and O–H groups in total. The quantitative estimate of drug-likeness (QED) is 0.226. The molecule has 1 aliphatic rings. The van der Waals surface area contributed by atoms with Crippen LogP contribution in [0.3, 0.4) is 0 Å². The molecule has 0 aliphatic heterocycles. The summed E-state index contributed by atoms with van der Waals surface area (Å²) in [6, 6.07) is 0.536. The second kappa shape index (κ2) is 11.1. The van der Waals surface area contributed by atoms with Crippen LogP contribution in [-0.2, 0) is 13.9 Å². The van der Waals surface area contributed by atoms with Crippen LogP contribution in [-0.4, -0.2) is 78.4 Å². The van der Waals surface area contributed by atoms with Gasteiger partial charge in [0, 0.05) is 6.04 Å². The van der Waals surface area contributed by atoms with E-state index in [0.29, 0.717) is 6.04 Å². The first-order valence-corrected chi connectivity index (χ1v) is 8.89. The fraction of sp³-hybridized carbons (Fsp3) is 0.917. The lowest BCUT2D eigenvalue weighted by atomic mass is 9.97. The number of aliphatic hydroxyl groups is 4. The van der Waals surface area contributed by atoms with Crippen molar-refractivity contribution in [3.8, 4) is 0 Å². The lowest BCUT2D eigenvalue weighted by Gasteiger charge is -2.24. The van der Waals surface area contributed by atoms with Gasteiger partial charge in [0.15, 0.2) is 6.10 Å². The van der Waals surface area contributed by atoms with Gasteiger partial charge in [-0.1, -0.05) is 19.3 Å². The van der Waals surface area contributed by atoms with Crippen molar-refractivity contribution in [2.24, 2.45) is 5.73 Å². The molecule has 0 bridgehead atoms. The molecule has 0 saturated heterocycles. The Kier molecular flexibility index (Phi) is 10.8. The minimum absolute atomic E-state index is 0.536. The van der Waals surface area contributed by atoms with Gasteiger partial charge in [-0.3, -0.25) is 4.52 Å². The number of phosphoric acid groups is 1. The van der Waals surface area contributed by atoms with Crippen LogP contribution in [0.2, 0.25) is 0 Å². The van der Waals surface area contributed by atoms with Crippen LogP contribution in [0.5, 0.6) is 0 Å². The average molecular weight is 375 g/mol. The third kappa shape index (κ3) is 10.3. The molecule has 0 spiro atoms. The number of aliphatic carboxylic acids is 1. The van der Waals surface area contributed by atoms with Crippen molar-refractivity contribution in [2.45, 2.75) is 62.6 Å². The molecule has 1 rings (SSSR count). The van der Waals surface area contributed by atoms with E-state index in [1.54, 1.807) is 0 Å². The van der Waals surface area contributed by atoms with Crippen LogP contribution in [0.1, 0.15) is 32.1 Å². The van der Waals surface area contributed by atoms with E-state index in [9.17, 15) is 9.36 Å². The number of aliphatic hydroxyl groups excluding tert-OH is 4. The molecular formula is C12H26NO10P. The molecular weight excluding hydrogens is 349 g/mol. The molecule has 4 atom stereocenters. The van der Waals surface area contributed by atoms with Crippen molar-refractivity contribution in [3.63, 3.8) is 0 Å². The summed E-state index contributed by atoms with van der Waals surface area (Å²) in [7, 11) is -4.86. The van der Waals surface area contributed by atoms with Gasteiger partial charge < -0.3 is 41.1 Å². The van der Waals surface area contributed by atoms with Crippen molar-refractivity contribution in [3.05, 3.63) is 0 Å². The minimum atomic E-state index is -4.86. The number of rotatable bonds is 7. The Labute approximate surface area is 138 Å². The summed E-state index contributed by atoms with van der Waals surface area (Å²) in [5.74, 6) is -1.83. The largest absolute Gasteiger partial charge is 0.479 e. The Balaban J connectivity index is 0.000000620. The topological polar surface area (TPSA) is 211 Å². The van der Waals surface area contributed by atoms with Crippen molar-refractivity contribution in [1.29, 1.82) is 0 Å². The summed E-state index contributed by atoms with van der Waals surface area (Å²) in [5, 5.41) is 44.4. The zero-order valence-corrected chi connectivity index (χ0v) is 13.9. The summed E-state index contributed by atoms with van der Waals surface area (Å²) < 4.78 is 14.1. The third-order valence-corrected chi connectivity index (χ3v) is 3.87. The normalized spacial score (nSPS) is 21.1. The number of phosphoric ester groups is 1. The van der Waals surface area contributed by atoms with Gasteiger partial charge in [0.1, 0.15) is 18.3 Å². The van der Waals surface area contributed by atoms with E-state index in [4.69, 9.17) is 41.1 Å². The van der Waals surface area contributed by atoms with E-state index in [1.165, 1.54) is 32.1 Å². The number of hydrogen-bond donors (Lipinski definition) is 8. The highest BCUT2D eigenvalue weighted by atomic mass is 31.2. The van der Waals surface area contributed by atoms with Gasteiger partial charge in [-0.2, -0.15) is 0 Å². The molecule has 0 unspecified atom stereocenters. The Morgan fingerprint density at radius 1 is 1.08 bits per heavy atom. The van der Waals surface area contributed by atoms with Crippen molar-refractivity contribution < 1.29 is 49.2 Å². The Bertz CT molecular complexity index is 411. The monoisotopic (exact) mass is 375 g/mol. The van der Waals surface area contributed by atoms with E-state index < -0.39 is 44.8 Å². The minimum Gasteiger partial charge on any atom is -0.479 e. The predicted molar refractivity (Wildman–Crippen MR) is 80.7 cm³/mol. The maximum Gasteiger partial charge on any atom is 0.469 e. The Hall–Kier alpha value is -0.620. The zero-order chi connectivity index (χ0) is 18.9. The van der Waals surface area contributed by atoms with Gasteiger partial charge in [-0.25, -0.2) is 9.36 Å². The molecule has 12 heteroatoms. The molecule has 0 radical (unpaired) electrons. The summed E-state index contributed by atoms with van der Waals surface area (Å²) in [6.07, 6.45) is -2.05. The summed E-state index contributed by atoms with van der Waals surface area (Å²) in [4.78, 5) is 26.8. The highest BCUT2D eigenvalue weighted by Crippen LogP contribution is 2.35. The first-order valence-electron chi connectivity index (χ1n) is 7.36. The number of carbonyl (C=O) groups is 1. The van der Waals surface area contributed by atoms with Crippen LogP contribution in [0.25, 0.3) is 0 Å². The average Bonchev–Trinajstić information content (AvgIpc) is 2.51. The summed E-state index contributed by atoms with van der Waals surface area (Å²) >= 11 is 0. The van der Waals surface area contributed by atoms with Gasteiger partial charge in [-0.15, -0.1) is 0 Å². The predicted octanol–water partition coefficient (Wildman–Crippen LogP) is -2.10. The zero-order valence-electron chi connectivity index (χ0n) is 13.0. The first-order chi connectivity index (χ1) is 11.0. The van der Waals surface area contributed by atoms with Crippen molar-refractivity contribution in [1.82, 2.24) is 0 Å².